The van der Waals surface area contributed by atoms with E-state index in [0.29, 0.717) is 26.1 Å². The molecule has 0 saturated carbocycles. The predicted molar refractivity (Wildman–Crippen MR) is 116 cm³/mol. The molecule has 0 radical (unpaired) electrons. The van der Waals surface area contributed by atoms with E-state index >= 15 is 0 Å². The SMILES string of the molecule is CCCC(=O)C(CC)CO.CCCC(=O)C(CC)CO.CCCO.CCCO.[Ti]. The summed E-state index contributed by atoms with van der Waals surface area (Å²) in [6.45, 7) is 12.3. The molecule has 4 N–H and O–H groups in total. The molecule has 0 aromatic rings. The Hall–Kier alpha value is -0.106. The monoisotopic (exact) mass is 456 g/mol. The molecule has 0 amide bonds. The van der Waals surface area contributed by atoms with Crippen LogP contribution in [-0.2, 0) is 31.3 Å². The van der Waals surface area contributed by atoms with Crippen LogP contribution in [-0.4, -0.2) is 58.4 Å². The second-order valence-electron chi connectivity index (χ2n) is 6.46. The number of rotatable bonds is 12. The number of Topliss-reactive ketones (excluding diaryl/α,β-unsaturated/α-hetero) is 2. The molecule has 0 aromatic heterocycles. The molecule has 0 aliphatic heterocycles. The number of ketones is 2. The Balaban J connectivity index is -0.0000000950. The van der Waals surface area contributed by atoms with Crippen LogP contribution in [0.3, 0.4) is 0 Å². The van der Waals surface area contributed by atoms with Crippen molar-refractivity contribution in [2.45, 2.75) is 92.9 Å². The van der Waals surface area contributed by atoms with Crippen LogP contribution < -0.4 is 0 Å². The van der Waals surface area contributed by atoms with Gasteiger partial charge in [-0.25, -0.2) is 0 Å². The second-order valence-corrected chi connectivity index (χ2v) is 6.46. The van der Waals surface area contributed by atoms with Crippen molar-refractivity contribution >= 4 is 11.6 Å². The van der Waals surface area contributed by atoms with E-state index < -0.39 is 0 Å². The maximum atomic E-state index is 11.0. The summed E-state index contributed by atoms with van der Waals surface area (Å²) in [6.07, 6.45) is 6.26. The molecule has 2 unspecified atom stereocenters. The average Bonchev–Trinajstić information content (AvgIpc) is 2.71. The van der Waals surface area contributed by atoms with E-state index in [-0.39, 0.29) is 58.3 Å². The molecule has 0 aliphatic carbocycles. The van der Waals surface area contributed by atoms with Crippen LogP contribution >= 0.6 is 0 Å². The third-order valence-electron chi connectivity index (χ3n) is 3.78. The van der Waals surface area contributed by atoms with Crippen LogP contribution in [0.1, 0.15) is 92.9 Å². The Labute approximate surface area is 194 Å². The normalized spacial score (nSPS) is 11.1. The summed E-state index contributed by atoms with van der Waals surface area (Å²) in [5, 5.41) is 33.2. The Kier molecular flexibility index (Phi) is 48.0. The van der Waals surface area contributed by atoms with Crippen molar-refractivity contribution in [1.29, 1.82) is 0 Å². The second kappa shape index (κ2) is 35.3. The van der Waals surface area contributed by atoms with Gasteiger partial charge < -0.3 is 20.4 Å². The van der Waals surface area contributed by atoms with Gasteiger partial charge in [0.1, 0.15) is 11.6 Å². The maximum Gasteiger partial charge on any atom is 0.138 e. The zero-order valence-corrected chi connectivity index (χ0v) is 21.3. The van der Waals surface area contributed by atoms with Gasteiger partial charge in [0.05, 0.1) is 13.2 Å². The van der Waals surface area contributed by atoms with E-state index in [1.165, 1.54) is 0 Å². The fraction of sp³-hybridized carbons (Fsp3) is 0.909. The average molecular weight is 456 g/mol. The van der Waals surface area contributed by atoms with Crippen molar-refractivity contribution in [2.24, 2.45) is 11.8 Å². The van der Waals surface area contributed by atoms with E-state index in [2.05, 4.69) is 0 Å². The first-order valence-electron chi connectivity index (χ1n) is 10.8. The topological polar surface area (TPSA) is 115 Å². The molecule has 0 bridgehead atoms. The first kappa shape index (κ1) is 39.4. The van der Waals surface area contributed by atoms with Gasteiger partial charge in [-0.3, -0.25) is 9.59 Å². The number of aliphatic hydroxyl groups is 4. The Morgan fingerprint density at radius 3 is 0.931 bits per heavy atom. The predicted octanol–water partition coefficient (Wildman–Crippen LogP) is 3.52. The number of carbonyl (C=O) groups is 2. The van der Waals surface area contributed by atoms with Gasteiger partial charge in [-0.05, 0) is 38.5 Å². The van der Waals surface area contributed by atoms with E-state index in [4.69, 9.17) is 20.4 Å². The Bertz CT molecular complexity index is 272. The third-order valence-corrected chi connectivity index (χ3v) is 3.78. The standard InChI is InChI=1S/2C8H16O2.2C3H8O.Ti/c2*1-3-5-8(10)7(4-2)6-9;2*1-2-3-4;/h2*7,9H,3-6H2,1-2H3;2*4H,2-3H2,1H3;. The summed E-state index contributed by atoms with van der Waals surface area (Å²) in [5.74, 6) is 0.180. The van der Waals surface area contributed by atoms with Gasteiger partial charge in [0.25, 0.3) is 0 Å². The van der Waals surface area contributed by atoms with Crippen LogP contribution in [0.5, 0.6) is 0 Å². The largest absolute Gasteiger partial charge is 0.396 e. The summed E-state index contributed by atoms with van der Waals surface area (Å²) in [4.78, 5) is 22.1. The third kappa shape index (κ3) is 32.8. The molecule has 6 nitrogen and oxygen atoms in total. The van der Waals surface area contributed by atoms with Crippen molar-refractivity contribution in [3.8, 4) is 0 Å². The number of hydrogen-bond donors (Lipinski definition) is 4. The van der Waals surface area contributed by atoms with E-state index in [1.54, 1.807) is 0 Å². The fourth-order valence-electron chi connectivity index (χ4n) is 1.82. The van der Waals surface area contributed by atoms with Gasteiger partial charge in [-0.15, -0.1) is 0 Å². The molecular weight excluding hydrogens is 408 g/mol. The van der Waals surface area contributed by atoms with Crippen molar-refractivity contribution < 1.29 is 51.7 Å². The summed E-state index contributed by atoms with van der Waals surface area (Å²) in [5.41, 5.74) is 0. The Morgan fingerprint density at radius 2 is 0.828 bits per heavy atom. The zero-order chi connectivity index (χ0) is 22.8. The maximum absolute atomic E-state index is 11.0. The van der Waals surface area contributed by atoms with Crippen LogP contribution in [0.25, 0.3) is 0 Å². The van der Waals surface area contributed by atoms with Crippen molar-refractivity contribution in [2.75, 3.05) is 26.4 Å². The van der Waals surface area contributed by atoms with Crippen LogP contribution in [0, 0.1) is 11.8 Å². The van der Waals surface area contributed by atoms with Gasteiger partial charge in [0.15, 0.2) is 0 Å². The first-order valence-corrected chi connectivity index (χ1v) is 10.8. The first-order chi connectivity index (χ1) is 13.3. The molecule has 0 rings (SSSR count). The zero-order valence-electron chi connectivity index (χ0n) is 19.7. The van der Waals surface area contributed by atoms with E-state index in [9.17, 15) is 9.59 Å². The van der Waals surface area contributed by atoms with Gasteiger partial charge >= 0.3 is 0 Å². The summed E-state index contributed by atoms with van der Waals surface area (Å²) < 4.78 is 0. The van der Waals surface area contributed by atoms with Crippen molar-refractivity contribution in [1.82, 2.24) is 0 Å². The van der Waals surface area contributed by atoms with E-state index in [1.807, 2.05) is 41.5 Å². The quantitative estimate of drug-likeness (QED) is 0.334. The smallest absolute Gasteiger partial charge is 0.138 e. The minimum Gasteiger partial charge on any atom is -0.396 e. The molecule has 0 aromatic carbocycles. The van der Waals surface area contributed by atoms with Crippen molar-refractivity contribution in [3.05, 3.63) is 0 Å². The van der Waals surface area contributed by atoms with Crippen molar-refractivity contribution in [3.63, 3.8) is 0 Å². The summed E-state index contributed by atoms with van der Waals surface area (Å²) in [6, 6.07) is 0. The van der Waals surface area contributed by atoms with E-state index in [0.717, 1.165) is 38.5 Å². The molecule has 29 heavy (non-hydrogen) atoms. The molecule has 7 heteroatoms. The Morgan fingerprint density at radius 1 is 0.586 bits per heavy atom. The summed E-state index contributed by atoms with van der Waals surface area (Å²) in [7, 11) is 0. The molecule has 176 valence electrons. The van der Waals surface area contributed by atoms with Crippen LogP contribution in [0.2, 0.25) is 0 Å². The van der Waals surface area contributed by atoms with Gasteiger partial charge in [0.2, 0.25) is 0 Å². The van der Waals surface area contributed by atoms with Gasteiger partial charge in [0, 0.05) is 59.6 Å². The summed E-state index contributed by atoms with van der Waals surface area (Å²) >= 11 is 0. The molecule has 0 aliphatic rings. The fourth-order valence-corrected chi connectivity index (χ4v) is 1.82. The molecular formula is C22H48O6Ti. The molecule has 0 spiro atoms. The van der Waals surface area contributed by atoms with Gasteiger partial charge in [-0.1, -0.05) is 41.5 Å². The molecule has 0 saturated heterocycles. The number of hydrogen-bond acceptors (Lipinski definition) is 6. The number of aliphatic hydroxyl groups excluding tert-OH is 4. The van der Waals surface area contributed by atoms with Gasteiger partial charge in [-0.2, -0.15) is 0 Å². The molecule has 0 heterocycles. The molecule has 2 atom stereocenters. The minimum atomic E-state index is -0.111. The minimum absolute atomic E-state index is 0. The molecule has 0 fully saturated rings. The van der Waals surface area contributed by atoms with Crippen LogP contribution in [0.4, 0.5) is 0 Å². The number of carbonyl (C=O) groups excluding carboxylic acids is 2. The van der Waals surface area contributed by atoms with Crippen LogP contribution in [0.15, 0.2) is 0 Å².